The van der Waals surface area contributed by atoms with Crippen molar-refractivity contribution in [1.29, 1.82) is 0 Å². The minimum Gasteiger partial charge on any atom is -0.479 e. The van der Waals surface area contributed by atoms with Gasteiger partial charge in [-0.05, 0) is 31.2 Å². The van der Waals surface area contributed by atoms with Gasteiger partial charge in [-0.15, -0.1) is 0 Å². The highest BCUT2D eigenvalue weighted by atomic mass is 16.4. The second kappa shape index (κ2) is 6.26. The van der Waals surface area contributed by atoms with Crippen LogP contribution in [-0.2, 0) is 19.9 Å². The van der Waals surface area contributed by atoms with E-state index in [4.69, 9.17) is 0 Å². The first-order valence-corrected chi connectivity index (χ1v) is 8.29. The zero-order valence-electron chi connectivity index (χ0n) is 13.7. The fourth-order valence-electron chi connectivity index (χ4n) is 3.11. The van der Waals surface area contributed by atoms with Gasteiger partial charge in [-0.25, -0.2) is 4.79 Å². The lowest BCUT2D eigenvalue weighted by Crippen LogP contribution is -2.51. The first kappa shape index (κ1) is 16.5. The third-order valence-corrected chi connectivity index (χ3v) is 4.91. The molecule has 1 saturated carbocycles. The van der Waals surface area contributed by atoms with Gasteiger partial charge in [0.15, 0.2) is 5.54 Å². The average molecular weight is 330 g/mol. The van der Waals surface area contributed by atoms with Gasteiger partial charge in [-0.1, -0.05) is 30.3 Å². The van der Waals surface area contributed by atoms with Crippen molar-refractivity contribution in [1.82, 2.24) is 10.2 Å². The van der Waals surface area contributed by atoms with Gasteiger partial charge in [-0.2, -0.15) is 0 Å². The minimum absolute atomic E-state index is 0.0150. The number of rotatable bonds is 6. The molecule has 2 aliphatic rings. The van der Waals surface area contributed by atoms with E-state index < -0.39 is 17.4 Å². The first-order valence-electron chi connectivity index (χ1n) is 8.29. The number of likely N-dealkylation sites (tertiary alicyclic amines) is 1. The first-order chi connectivity index (χ1) is 11.4. The maximum atomic E-state index is 12.6. The highest BCUT2D eigenvalue weighted by molar-refractivity contribution is 5.93. The van der Waals surface area contributed by atoms with Gasteiger partial charge in [0.1, 0.15) is 0 Å². The van der Waals surface area contributed by atoms with Crippen molar-refractivity contribution in [3.8, 4) is 0 Å². The van der Waals surface area contributed by atoms with Crippen LogP contribution >= 0.6 is 0 Å². The van der Waals surface area contributed by atoms with Crippen molar-refractivity contribution in [2.45, 2.75) is 31.7 Å². The molecule has 1 aromatic carbocycles. The van der Waals surface area contributed by atoms with E-state index in [9.17, 15) is 19.5 Å². The molecule has 1 saturated heterocycles. The number of carboxylic acids is 1. The summed E-state index contributed by atoms with van der Waals surface area (Å²) >= 11 is 0. The number of benzene rings is 1. The highest BCUT2D eigenvalue weighted by Crippen LogP contribution is 2.32. The molecule has 24 heavy (non-hydrogen) atoms. The molecule has 1 heterocycles. The Balaban J connectivity index is 1.70. The topological polar surface area (TPSA) is 86.7 Å². The number of hydrogen-bond acceptors (Lipinski definition) is 3. The van der Waals surface area contributed by atoms with Gasteiger partial charge in [0.05, 0.1) is 5.92 Å². The molecule has 3 rings (SSSR count). The molecule has 0 unspecified atom stereocenters. The van der Waals surface area contributed by atoms with E-state index in [1.807, 2.05) is 0 Å². The number of aliphatic carboxylic acids is 1. The van der Waals surface area contributed by atoms with E-state index in [1.165, 1.54) is 6.92 Å². The Morgan fingerprint density at radius 2 is 1.96 bits per heavy atom. The molecule has 0 aromatic heterocycles. The molecule has 2 atom stereocenters. The fourth-order valence-corrected chi connectivity index (χ4v) is 3.11. The largest absolute Gasteiger partial charge is 0.479 e. The monoisotopic (exact) mass is 330 g/mol. The van der Waals surface area contributed by atoms with E-state index >= 15 is 0 Å². The Labute approximate surface area is 140 Å². The SMILES string of the molecule is C[C@](NC(=O)[C@@H]1CC(=O)N(CC2CC2)C1)(C(=O)O)c1ccccc1. The number of carbonyl (C=O) groups is 3. The number of nitrogens with one attached hydrogen (secondary N) is 1. The fraction of sp³-hybridized carbons (Fsp3) is 0.500. The standard InChI is InChI=1S/C18H22N2O4/c1-18(17(23)24,14-5-3-2-4-6-14)19-16(22)13-9-15(21)20(11-13)10-12-7-8-12/h2-6,12-13H,7-11H2,1H3,(H,19,22)(H,23,24)/t13-,18-/m1/s1. The van der Waals surface area contributed by atoms with E-state index in [1.54, 1.807) is 35.2 Å². The van der Waals surface area contributed by atoms with Crippen molar-refractivity contribution in [3.05, 3.63) is 35.9 Å². The lowest BCUT2D eigenvalue weighted by molar-refractivity contribution is -0.148. The second-order valence-electron chi connectivity index (χ2n) is 6.93. The van der Waals surface area contributed by atoms with Crippen LogP contribution in [0.2, 0.25) is 0 Å². The predicted molar refractivity (Wildman–Crippen MR) is 87.0 cm³/mol. The summed E-state index contributed by atoms with van der Waals surface area (Å²) in [5.74, 6) is -1.43. The number of carboxylic acid groups (broad SMARTS) is 1. The van der Waals surface area contributed by atoms with Crippen molar-refractivity contribution >= 4 is 17.8 Å². The Morgan fingerprint density at radius 1 is 1.29 bits per heavy atom. The molecule has 6 heteroatoms. The number of carbonyl (C=O) groups excluding carboxylic acids is 2. The van der Waals surface area contributed by atoms with Crippen molar-refractivity contribution < 1.29 is 19.5 Å². The van der Waals surface area contributed by atoms with E-state index in [0.717, 1.165) is 19.4 Å². The van der Waals surface area contributed by atoms with Gasteiger partial charge < -0.3 is 15.3 Å². The van der Waals surface area contributed by atoms with Crippen LogP contribution < -0.4 is 5.32 Å². The average Bonchev–Trinajstić information content (AvgIpc) is 3.30. The van der Waals surface area contributed by atoms with E-state index in [-0.39, 0.29) is 18.2 Å². The molecule has 0 bridgehead atoms. The molecule has 2 N–H and O–H groups in total. The van der Waals surface area contributed by atoms with Crippen LogP contribution in [0.1, 0.15) is 31.7 Å². The number of nitrogens with zero attached hydrogens (tertiary/aromatic N) is 1. The lowest BCUT2D eigenvalue weighted by atomic mass is 9.91. The van der Waals surface area contributed by atoms with E-state index in [0.29, 0.717) is 18.0 Å². The Morgan fingerprint density at radius 3 is 2.54 bits per heavy atom. The molecule has 1 aliphatic carbocycles. The van der Waals surface area contributed by atoms with Crippen LogP contribution in [0.5, 0.6) is 0 Å². The maximum Gasteiger partial charge on any atom is 0.333 e. The zero-order chi connectivity index (χ0) is 17.3. The summed E-state index contributed by atoms with van der Waals surface area (Å²) in [6.45, 7) is 2.57. The summed E-state index contributed by atoms with van der Waals surface area (Å²) in [5, 5.41) is 12.3. The van der Waals surface area contributed by atoms with Gasteiger partial charge in [0.25, 0.3) is 0 Å². The van der Waals surface area contributed by atoms with Gasteiger partial charge in [0, 0.05) is 19.5 Å². The molecule has 2 fully saturated rings. The van der Waals surface area contributed by atoms with Crippen LogP contribution in [0.3, 0.4) is 0 Å². The molecule has 1 aliphatic heterocycles. The molecule has 0 spiro atoms. The van der Waals surface area contributed by atoms with Crippen molar-refractivity contribution in [2.75, 3.05) is 13.1 Å². The Hall–Kier alpha value is -2.37. The highest BCUT2D eigenvalue weighted by Gasteiger charge is 2.42. The zero-order valence-corrected chi connectivity index (χ0v) is 13.7. The van der Waals surface area contributed by atoms with Crippen molar-refractivity contribution in [3.63, 3.8) is 0 Å². The quantitative estimate of drug-likeness (QED) is 0.824. The molecular formula is C18H22N2O4. The lowest BCUT2D eigenvalue weighted by Gasteiger charge is -2.28. The Kier molecular flexibility index (Phi) is 4.30. The molecular weight excluding hydrogens is 308 g/mol. The predicted octanol–water partition coefficient (Wildman–Crippen LogP) is 1.36. The Bertz CT molecular complexity index is 656. The summed E-state index contributed by atoms with van der Waals surface area (Å²) in [4.78, 5) is 38.1. The van der Waals surface area contributed by atoms with Crippen LogP contribution in [0.4, 0.5) is 0 Å². The van der Waals surface area contributed by atoms with Crippen molar-refractivity contribution in [2.24, 2.45) is 11.8 Å². The van der Waals surface area contributed by atoms with Gasteiger partial charge in [-0.3, -0.25) is 9.59 Å². The maximum absolute atomic E-state index is 12.6. The summed E-state index contributed by atoms with van der Waals surface area (Å²) in [6, 6.07) is 8.61. The summed E-state index contributed by atoms with van der Waals surface area (Å²) in [5.41, 5.74) is -1.00. The molecule has 1 aromatic rings. The number of hydrogen-bond donors (Lipinski definition) is 2. The number of amides is 2. The third kappa shape index (κ3) is 3.27. The smallest absolute Gasteiger partial charge is 0.333 e. The molecule has 2 amide bonds. The molecule has 6 nitrogen and oxygen atoms in total. The van der Waals surface area contributed by atoms with Crippen LogP contribution in [0, 0.1) is 11.8 Å². The third-order valence-electron chi connectivity index (χ3n) is 4.91. The molecule has 128 valence electrons. The molecule has 0 radical (unpaired) electrons. The van der Waals surface area contributed by atoms with Gasteiger partial charge >= 0.3 is 5.97 Å². The van der Waals surface area contributed by atoms with E-state index in [2.05, 4.69) is 5.32 Å². The van der Waals surface area contributed by atoms with Crippen LogP contribution in [-0.4, -0.2) is 40.9 Å². The van der Waals surface area contributed by atoms with Crippen LogP contribution in [0.15, 0.2) is 30.3 Å². The summed E-state index contributed by atoms with van der Waals surface area (Å²) in [7, 11) is 0. The summed E-state index contributed by atoms with van der Waals surface area (Å²) in [6.07, 6.45) is 2.44. The summed E-state index contributed by atoms with van der Waals surface area (Å²) < 4.78 is 0. The minimum atomic E-state index is -1.51. The second-order valence-corrected chi connectivity index (χ2v) is 6.93. The van der Waals surface area contributed by atoms with Gasteiger partial charge in [0.2, 0.25) is 11.8 Å². The van der Waals surface area contributed by atoms with Crippen LogP contribution in [0.25, 0.3) is 0 Å². The normalized spacial score (nSPS) is 23.0.